The summed E-state index contributed by atoms with van der Waals surface area (Å²) in [6.07, 6.45) is 1.70. The highest BCUT2D eigenvalue weighted by molar-refractivity contribution is 7.97. The van der Waals surface area contributed by atoms with Crippen molar-refractivity contribution in [1.82, 2.24) is 23.8 Å². The first kappa shape index (κ1) is 23.9. The number of aromatic nitrogens is 4. The Bertz CT molecular complexity index is 1590. The number of thiazole rings is 2. The second kappa shape index (κ2) is 9.33. The van der Waals surface area contributed by atoms with Crippen molar-refractivity contribution in [1.29, 1.82) is 5.26 Å². The maximum absolute atomic E-state index is 13.6. The summed E-state index contributed by atoms with van der Waals surface area (Å²) in [6.45, 7) is 6.88. The number of nitrogens with one attached hydrogen (secondary N) is 1. The summed E-state index contributed by atoms with van der Waals surface area (Å²) >= 11 is 4.29. The Balaban J connectivity index is 1.61. The number of nitrogens with zero attached hydrogens (tertiary/aromatic N) is 5. The molecule has 4 aromatic rings. The summed E-state index contributed by atoms with van der Waals surface area (Å²) < 4.78 is 11.3. The van der Waals surface area contributed by atoms with Crippen LogP contribution in [-0.2, 0) is 17.8 Å². The molecule has 1 fully saturated rings. The van der Waals surface area contributed by atoms with E-state index in [1.54, 1.807) is 34.2 Å². The van der Waals surface area contributed by atoms with Crippen LogP contribution in [0.15, 0.2) is 38.9 Å². The van der Waals surface area contributed by atoms with Crippen LogP contribution in [0.4, 0.5) is 0 Å². The van der Waals surface area contributed by atoms with Gasteiger partial charge in [-0.3, -0.25) is 13.9 Å². The lowest BCUT2D eigenvalue weighted by Crippen LogP contribution is -2.56. The summed E-state index contributed by atoms with van der Waals surface area (Å²) in [5.74, 6) is 0. The number of aryl methyl sites for hydroxylation is 3. The first-order chi connectivity index (χ1) is 16.8. The van der Waals surface area contributed by atoms with Crippen LogP contribution in [0.25, 0.3) is 10.9 Å². The van der Waals surface area contributed by atoms with Gasteiger partial charge in [-0.15, -0.1) is 22.7 Å². The van der Waals surface area contributed by atoms with Crippen molar-refractivity contribution in [2.75, 3.05) is 13.2 Å². The molecule has 0 bridgehead atoms. The van der Waals surface area contributed by atoms with Gasteiger partial charge in [-0.2, -0.15) is 5.26 Å². The highest BCUT2D eigenvalue weighted by Gasteiger charge is 2.39. The first-order valence-electron chi connectivity index (χ1n) is 10.8. The van der Waals surface area contributed by atoms with Crippen LogP contribution < -0.4 is 16.0 Å². The molecular weight excluding hydrogens is 504 g/mol. The minimum Gasteiger partial charge on any atom is -0.375 e. The Morgan fingerprint density at radius 2 is 1.97 bits per heavy atom. The van der Waals surface area contributed by atoms with Crippen LogP contribution in [0, 0.1) is 32.1 Å². The normalized spacial score (nSPS) is 14.7. The van der Waals surface area contributed by atoms with Gasteiger partial charge in [0.15, 0.2) is 5.54 Å². The molecule has 0 spiro atoms. The molecule has 1 aromatic carbocycles. The zero-order chi connectivity index (χ0) is 24.7. The summed E-state index contributed by atoms with van der Waals surface area (Å²) in [5, 5.41) is 11.7. The molecule has 3 aromatic heterocycles. The molecule has 4 heterocycles. The number of fused-ring (bicyclic) bond motifs is 1. The zero-order valence-corrected chi connectivity index (χ0v) is 21.8. The van der Waals surface area contributed by atoms with Gasteiger partial charge in [-0.25, -0.2) is 19.5 Å². The van der Waals surface area contributed by atoms with Gasteiger partial charge in [0.2, 0.25) is 0 Å². The minimum absolute atomic E-state index is 0.157. The predicted molar refractivity (Wildman–Crippen MR) is 137 cm³/mol. The van der Waals surface area contributed by atoms with E-state index in [-0.39, 0.29) is 17.8 Å². The molecule has 180 valence electrons. The number of hydrogen-bond donors (Lipinski definition) is 1. The Hall–Kier alpha value is -2.82. The van der Waals surface area contributed by atoms with Crippen molar-refractivity contribution < 1.29 is 4.74 Å². The van der Waals surface area contributed by atoms with Gasteiger partial charge < -0.3 is 4.74 Å². The summed E-state index contributed by atoms with van der Waals surface area (Å²) in [5.41, 5.74) is -0.0104. The fraction of sp³-hybridized carbons (Fsp3) is 0.348. The van der Waals surface area contributed by atoms with Crippen LogP contribution in [0.5, 0.6) is 0 Å². The topological polar surface area (TPSA) is 115 Å². The van der Waals surface area contributed by atoms with Gasteiger partial charge >= 0.3 is 5.69 Å². The summed E-state index contributed by atoms with van der Waals surface area (Å²) in [6, 6.07) is 7.66. The molecule has 1 N–H and O–H groups in total. The van der Waals surface area contributed by atoms with Crippen molar-refractivity contribution in [3.8, 4) is 6.07 Å². The van der Waals surface area contributed by atoms with E-state index in [4.69, 9.17) is 4.74 Å². The fourth-order valence-electron chi connectivity index (χ4n) is 3.87. The molecule has 9 nitrogen and oxygen atoms in total. The molecule has 0 aliphatic carbocycles. The van der Waals surface area contributed by atoms with Crippen molar-refractivity contribution >= 4 is 45.5 Å². The Morgan fingerprint density at radius 3 is 2.57 bits per heavy atom. The van der Waals surface area contributed by atoms with E-state index >= 15 is 0 Å². The molecular formula is C23H22N6O3S3. The fourth-order valence-corrected chi connectivity index (χ4v) is 6.37. The monoisotopic (exact) mass is 526 g/mol. The Kier molecular flexibility index (Phi) is 6.37. The third-order valence-corrected chi connectivity index (χ3v) is 8.69. The average Bonchev–Trinajstić information content (AvgIpc) is 3.37. The van der Waals surface area contributed by atoms with Gasteiger partial charge in [0.05, 0.1) is 59.0 Å². The lowest BCUT2D eigenvalue weighted by molar-refractivity contribution is -0.0311. The number of nitriles is 1. The van der Waals surface area contributed by atoms with Crippen LogP contribution >= 0.6 is 34.6 Å². The third kappa shape index (κ3) is 4.57. The van der Waals surface area contributed by atoms with E-state index in [0.717, 1.165) is 30.4 Å². The lowest BCUT2D eigenvalue weighted by Gasteiger charge is -2.35. The smallest absolute Gasteiger partial charge is 0.332 e. The molecule has 0 saturated carbocycles. The molecule has 0 unspecified atom stereocenters. The van der Waals surface area contributed by atoms with Crippen LogP contribution in [0.1, 0.15) is 25.5 Å². The molecule has 1 aliphatic rings. The zero-order valence-electron chi connectivity index (χ0n) is 19.3. The van der Waals surface area contributed by atoms with Gasteiger partial charge in [-0.05, 0) is 50.9 Å². The summed E-state index contributed by atoms with van der Waals surface area (Å²) in [7, 11) is 0. The van der Waals surface area contributed by atoms with E-state index in [0.29, 0.717) is 30.7 Å². The van der Waals surface area contributed by atoms with E-state index in [1.165, 1.54) is 27.9 Å². The first-order valence-corrected chi connectivity index (χ1v) is 13.3. The maximum atomic E-state index is 13.6. The highest BCUT2D eigenvalue weighted by Crippen LogP contribution is 2.26. The Morgan fingerprint density at radius 1 is 1.17 bits per heavy atom. The van der Waals surface area contributed by atoms with Gasteiger partial charge in [-0.1, -0.05) is 0 Å². The predicted octanol–water partition coefficient (Wildman–Crippen LogP) is 2.99. The quantitative estimate of drug-likeness (QED) is 0.366. The molecule has 5 rings (SSSR count). The molecule has 12 heteroatoms. The third-order valence-electron chi connectivity index (χ3n) is 5.76. The van der Waals surface area contributed by atoms with Gasteiger partial charge in [0.1, 0.15) is 0 Å². The van der Waals surface area contributed by atoms with Crippen LogP contribution in [-0.4, -0.2) is 37.9 Å². The SMILES string of the molecule is Cc1ncc(Cn2c(=O)c3cc(SNC4(C#N)COC4)ccc3n(Cc3sc(C)nc3C)c2=O)s1. The molecule has 35 heavy (non-hydrogen) atoms. The molecule has 1 aliphatic heterocycles. The van der Waals surface area contributed by atoms with Crippen molar-refractivity contribution in [3.05, 3.63) is 70.7 Å². The average molecular weight is 527 g/mol. The van der Waals surface area contributed by atoms with Crippen LogP contribution in [0.2, 0.25) is 0 Å². The van der Waals surface area contributed by atoms with E-state index in [2.05, 4.69) is 20.8 Å². The molecule has 0 radical (unpaired) electrons. The standard InChI is InChI=1S/C23H22N6O3S3/c1-13-20(34-15(3)26-13)9-28-19-5-4-16(35-27-23(10-24)11-32-12-23)6-18(19)21(30)29(22(28)31)8-17-7-25-14(2)33-17/h4-7,27H,8-9,11-12H2,1-3H3. The van der Waals surface area contributed by atoms with E-state index in [9.17, 15) is 14.9 Å². The number of ether oxygens (including phenoxy) is 1. The Labute approximate surface area is 213 Å². The van der Waals surface area contributed by atoms with Crippen molar-refractivity contribution in [2.45, 2.75) is 44.3 Å². The van der Waals surface area contributed by atoms with Crippen LogP contribution in [0.3, 0.4) is 0 Å². The number of hydrogen-bond acceptors (Lipinski definition) is 10. The highest BCUT2D eigenvalue weighted by atomic mass is 32.2. The second-order valence-corrected chi connectivity index (χ2v) is 11.9. The lowest BCUT2D eigenvalue weighted by atomic mass is 10.0. The number of benzene rings is 1. The molecule has 1 saturated heterocycles. The number of rotatable bonds is 7. The summed E-state index contributed by atoms with van der Waals surface area (Å²) in [4.78, 5) is 38.5. The minimum atomic E-state index is -0.732. The van der Waals surface area contributed by atoms with E-state index in [1.807, 2.05) is 26.8 Å². The van der Waals surface area contributed by atoms with Crippen molar-refractivity contribution in [3.63, 3.8) is 0 Å². The van der Waals surface area contributed by atoms with Gasteiger partial charge in [0, 0.05) is 20.8 Å². The molecule has 0 amide bonds. The maximum Gasteiger partial charge on any atom is 0.332 e. The second-order valence-electron chi connectivity index (χ2n) is 8.42. The van der Waals surface area contributed by atoms with E-state index < -0.39 is 5.54 Å². The van der Waals surface area contributed by atoms with Gasteiger partial charge in [0.25, 0.3) is 5.56 Å². The van der Waals surface area contributed by atoms with Crippen molar-refractivity contribution in [2.24, 2.45) is 0 Å². The largest absolute Gasteiger partial charge is 0.375 e. The molecule has 0 atom stereocenters.